The third-order valence-electron chi connectivity index (χ3n) is 4.81. The minimum atomic E-state index is -0.592. The maximum absolute atomic E-state index is 12.4. The van der Waals surface area contributed by atoms with E-state index in [0.29, 0.717) is 10.6 Å². The second kappa shape index (κ2) is 7.94. The maximum atomic E-state index is 12.4. The molecule has 5 nitrogen and oxygen atoms in total. The molecule has 4 rings (SSSR count). The summed E-state index contributed by atoms with van der Waals surface area (Å²) in [6.07, 6.45) is 3.20. The van der Waals surface area contributed by atoms with Gasteiger partial charge in [-0.25, -0.2) is 9.78 Å². The molecule has 1 aliphatic rings. The third kappa shape index (κ3) is 3.82. The van der Waals surface area contributed by atoms with Crippen LogP contribution in [0.3, 0.4) is 0 Å². The van der Waals surface area contributed by atoms with E-state index in [4.69, 9.17) is 9.47 Å². The fourth-order valence-corrected chi connectivity index (χ4v) is 4.06. The van der Waals surface area contributed by atoms with Gasteiger partial charge in [0.2, 0.25) is 0 Å². The Labute approximate surface area is 167 Å². The molecule has 1 heterocycles. The summed E-state index contributed by atoms with van der Waals surface area (Å²) in [6.45, 7) is -0.285. The SMILES string of the molecule is COc1ccc(-c2nc(C(=O)OCC(=O)c3ccc4c(c3)CCC4)cs2)cc1. The molecule has 2 aromatic carbocycles. The molecule has 6 heteroatoms. The first-order valence-electron chi connectivity index (χ1n) is 9.06. The van der Waals surface area contributed by atoms with E-state index in [-0.39, 0.29) is 18.1 Å². The Bertz CT molecular complexity index is 1020. The van der Waals surface area contributed by atoms with Gasteiger partial charge in [-0.2, -0.15) is 0 Å². The zero-order chi connectivity index (χ0) is 19.5. The number of carbonyl (C=O) groups is 2. The van der Waals surface area contributed by atoms with Gasteiger partial charge in [0.25, 0.3) is 0 Å². The highest BCUT2D eigenvalue weighted by Gasteiger charge is 2.17. The topological polar surface area (TPSA) is 65.5 Å². The predicted molar refractivity (Wildman–Crippen MR) is 107 cm³/mol. The summed E-state index contributed by atoms with van der Waals surface area (Å²) in [6, 6.07) is 13.2. The fraction of sp³-hybridized carbons (Fsp3) is 0.227. The van der Waals surface area contributed by atoms with Crippen LogP contribution in [0.4, 0.5) is 0 Å². The van der Waals surface area contributed by atoms with Crippen molar-refractivity contribution in [3.05, 3.63) is 70.2 Å². The van der Waals surface area contributed by atoms with Gasteiger partial charge in [0.15, 0.2) is 18.1 Å². The fourth-order valence-electron chi connectivity index (χ4n) is 3.27. The number of thiazole rings is 1. The van der Waals surface area contributed by atoms with Gasteiger partial charge in [0, 0.05) is 16.5 Å². The molecule has 1 aliphatic carbocycles. The van der Waals surface area contributed by atoms with Gasteiger partial charge in [0.1, 0.15) is 10.8 Å². The van der Waals surface area contributed by atoms with Gasteiger partial charge in [0.05, 0.1) is 7.11 Å². The van der Waals surface area contributed by atoms with E-state index in [9.17, 15) is 9.59 Å². The number of nitrogens with zero attached hydrogens (tertiary/aromatic N) is 1. The largest absolute Gasteiger partial charge is 0.497 e. The summed E-state index contributed by atoms with van der Waals surface area (Å²) in [4.78, 5) is 28.9. The first-order valence-corrected chi connectivity index (χ1v) is 9.94. The van der Waals surface area contributed by atoms with Gasteiger partial charge >= 0.3 is 5.97 Å². The molecule has 0 unspecified atom stereocenters. The zero-order valence-corrected chi connectivity index (χ0v) is 16.3. The molecule has 0 spiro atoms. The summed E-state index contributed by atoms with van der Waals surface area (Å²) >= 11 is 1.35. The molecule has 0 radical (unpaired) electrons. The van der Waals surface area contributed by atoms with Gasteiger partial charge < -0.3 is 9.47 Å². The van der Waals surface area contributed by atoms with Crippen molar-refractivity contribution in [2.45, 2.75) is 19.3 Å². The number of ether oxygens (including phenoxy) is 2. The quantitative estimate of drug-likeness (QED) is 0.460. The van der Waals surface area contributed by atoms with Crippen molar-refractivity contribution in [2.24, 2.45) is 0 Å². The Morgan fingerprint density at radius 1 is 1.07 bits per heavy atom. The van der Waals surface area contributed by atoms with Crippen LogP contribution in [0.2, 0.25) is 0 Å². The number of fused-ring (bicyclic) bond motifs is 1. The van der Waals surface area contributed by atoms with Gasteiger partial charge in [-0.15, -0.1) is 11.3 Å². The monoisotopic (exact) mass is 393 g/mol. The molecule has 28 heavy (non-hydrogen) atoms. The van der Waals surface area contributed by atoms with Gasteiger partial charge in [-0.3, -0.25) is 4.79 Å². The van der Waals surface area contributed by atoms with E-state index in [0.717, 1.165) is 30.6 Å². The zero-order valence-electron chi connectivity index (χ0n) is 15.4. The van der Waals surface area contributed by atoms with E-state index in [1.54, 1.807) is 12.5 Å². The molecular formula is C22H19NO4S. The summed E-state index contributed by atoms with van der Waals surface area (Å²) in [7, 11) is 1.61. The van der Waals surface area contributed by atoms with Gasteiger partial charge in [-0.05, 0) is 60.7 Å². The molecule has 0 aliphatic heterocycles. The third-order valence-corrected chi connectivity index (χ3v) is 5.70. The van der Waals surface area contributed by atoms with Crippen molar-refractivity contribution in [1.29, 1.82) is 0 Å². The van der Waals surface area contributed by atoms with E-state index < -0.39 is 5.97 Å². The Balaban J connectivity index is 1.38. The molecule has 0 saturated heterocycles. The van der Waals surface area contributed by atoms with Crippen LogP contribution >= 0.6 is 11.3 Å². The maximum Gasteiger partial charge on any atom is 0.358 e. The number of ketones is 1. The summed E-state index contributed by atoms with van der Waals surface area (Å²) < 4.78 is 10.3. The Morgan fingerprint density at radius 2 is 1.86 bits per heavy atom. The first-order chi connectivity index (χ1) is 13.6. The normalized spacial score (nSPS) is 12.5. The molecule has 0 atom stereocenters. The van der Waals surface area contributed by atoms with Crippen LogP contribution < -0.4 is 4.74 Å². The van der Waals surface area contributed by atoms with Crippen LogP contribution in [-0.2, 0) is 17.6 Å². The molecule has 142 valence electrons. The van der Waals surface area contributed by atoms with Crippen LogP contribution in [0.1, 0.15) is 38.4 Å². The number of aryl methyl sites for hydroxylation is 2. The average Bonchev–Trinajstić information content (AvgIpc) is 3.40. The first kappa shape index (κ1) is 18.4. The van der Waals surface area contributed by atoms with Gasteiger partial charge in [-0.1, -0.05) is 12.1 Å². The molecule has 1 aromatic heterocycles. The molecular weight excluding hydrogens is 374 g/mol. The summed E-state index contributed by atoms with van der Waals surface area (Å²) in [5.41, 5.74) is 4.21. The Morgan fingerprint density at radius 3 is 2.64 bits per heavy atom. The van der Waals surface area contributed by atoms with Crippen LogP contribution in [-0.4, -0.2) is 30.5 Å². The second-order valence-electron chi connectivity index (χ2n) is 6.60. The number of esters is 1. The number of hydrogen-bond acceptors (Lipinski definition) is 6. The number of hydrogen-bond donors (Lipinski definition) is 0. The van der Waals surface area contributed by atoms with Crippen molar-refractivity contribution in [3.63, 3.8) is 0 Å². The highest BCUT2D eigenvalue weighted by atomic mass is 32.1. The highest BCUT2D eigenvalue weighted by Crippen LogP contribution is 2.26. The van der Waals surface area contributed by atoms with Crippen LogP contribution in [0.5, 0.6) is 5.75 Å². The number of Topliss-reactive ketones (excluding diaryl/α,β-unsaturated/α-hetero) is 1. The van der Waals surface area contributed by atoms with Crippen molar-refractivity contribution in [3.8, 4) is 16.3 Å². The van der Waals surface area contributed by atoms with E-state index in [1.165, 1.54) is 22.5 Å². The standard InChI is InChI=1S/C22H19NO4S/c1-26-18-9-7-15(8-10-18)21-23-19(13-28-21)22(25)27-12-20(24)17-6-5-14-3-2-4-16(14)11-17/h5-11,13H,2-4,12H2,1H3. The summed E-state index contributed by atoms with van der Waals surface area (Å²) in [5.74, 6) is -0.0378. The predicted octanol–water partition coefficient (Wildman–Crippen LogP) is 4.35. The molecule has 0 bridgehead atoms. The molecule has 0 amide bonds. The number of carbonyl (C=O) groups excluding carboxylic acids is 2. The minimum absolute atomic E-state index is 0.200. The second-order valence-corrected chi connectivity index (χ2v) is 7.46. The van der Waals surface area contributed by atoms with E-state index >= 15 is 0 Å². The number of methoxy groups -OCH3 is 1. The lowest BCUT2D eigenvalue weighted by Crippen LogP contribution is -2.14. The van der Waals surface area contributed by atoms with Crippen molar-refractivity contribution < 1.29 is 19.1 Å². The number of benzene rings is 2. The lowest BCUT2D eigenvalue weighted by Gasteiger charge is -2.05. The van der Waals surface area contributed by atoms with Crippen LogP contribution in [0.25, 0.3) is 10.6 Å². The highest BCUT2D eigenvalue weighted by molar-refractivity contribution is 7.13. The van der Waals surface area contributed by atoms with Crippen molar-refractivity contribution in [2.75, 3.05) is 13.7 Å². The Kier molecular flexibility index (Phi) is 5.21. The lowest BCUT2D eigenvalue weighted by molar-refractivity contribution is 0.0470. The average molecular weight is 393 g/mol. The summed E-state index contributed by atoms with van der Waals surface area (Å²) in [5, 5.41) is 2.35. The Hall–Kier alpha value is -2.99. The molecule has 0 N–H and O–H groups in total. The smallest absolute Gasteiger partial charge is 0.358 e. The molecule has 3 aromatic rings. The minimum Gasteiger partial charge on any atom is -0.497 e. The van der Waals surface area contributed by atoms with E-state index in [1.807, 2.05) is 42.5 Å². The lowest BCUT2D eigenvalue weighted by atomic mass is 10.0. The van der Waals surface area contributed by atoms with Crippen LogP contribution in [0, 0.1) is 0 Å². The number of rotatable bonds is 6. The van der Waals surface area contributed by atoms with Crippen LogP contribution in [0.15, 0.2) is 47.8 Å². The van der Waals surface area contributed by atoms with Crippen molar-refractivity contribution >= 4 is 23.1 Å². The van der Waals surface area contributed by atoms with E-state index in [2.05, 4.69) is 4.98 Å². The molecule has 0 saturated carbocycles. The number of aromatic nitrogens is 1. The van der Waals surface area contributed by atoms with Crippen molar-refractivity contribution in [1.82, 2.24) is 4.98 Å². The molecule has 0 fully saturated rings.